The minimum absolute atomic E-state index is 0.0354. The van der Waals surface area contributed by atoms with Gasteiger partial charge in [-0.2, -0.15) is 8.78 Å². The van der Waals surface area contributed by atoms with Gasteiger partial charge in [-0.15, -0.1) is 5.10 Å². The van der Waals surface area contributed by atoms with Crippen LogP contribution in [0, 0.1) is 19.8 Å². The number of alkyl halides is 2. The van der Waals surface area contributed by atoms with E-state index in [0.717, 1.165) is 29.1 Å². The number of rotatable bonds is 9. The largest absolute Gasteiger partial charge is 0.476 e. The van der Waals surface area contributed by atoms with E-state index in [2.05, 4.69) is 25.1 Å². The molecule has 0 aromatic carbocycles. The molecule has 3 aromatic heterocycles. The molecular formula is C23H25F2N5O3. The normalized spacial score (nSPS) is 17.2. The molecule has 1 N–H and O–H groups in total. The minimum Gasteiger partial charge on any atom is -0.476 e. The number of hydrogen-bond donors (Lipinski definition) is 1. The highest BCUT2D eigenvalue weighted by atomic mass is 19.3. The summed E-state index contributed by atoms with van der Waals surface area (Å²) < 4.78 is 35.9. The van der Waals surface area contributed by atoms with Crippen LogP contribution >= 0.6 is 0 Å². The van der Waals surface area contributed by atoms with Crippen molar-refractivity contribution in [2.75, 3.05) is 11.9 Å². The molecule has 0 aliphatic heterocycles. The molecule has 8 nitrogen and oxygen atoms in total. The zero-order valence-electron chi connectivity index (χ0n) is 18.6. The van der Waals surface area contributed by atoms with E-state index in [-0.39, 0.29) is 23.1 Å². The Morgan fingerprint density at radius 2 is 2.06 bits per heavy atom. The van der Waals surface area contributed by atoms with Crippen LogP contribution in [-0.2, 0) is 13.6 Å². The van der Waals surface area contributed by atoms with Crippen molar-refractivity contribution >= 4 is 5.69 Å². The lowest BCUT2D eigenvalue weighted by atomic mass is 10.2. The lowest BCUT2D eigenvalue weighted by Crippen LogP contribution is -2.24. The molecule has 0 radical (unpaired) electrons. The van der Waals surface area contributed by atoms with Gasteiger partial charge in [0.05, 0.1) is 12.8 Å². The van der Waals surface area contributed by atoms with Crippen LogP contribution in [0.1, 0.15) is 35.0 Å². The van der Waals surface area contributed by atoms with Gasteiger partial charge in [0.1, 0.15) is 11.4 Å². The van der Waals surface area contributed by atoms with Crippen LogP contribution in [0.25, 0.3) is 0 Å². The number of ether oxygens (including phenoxy) is 2. The molecule has 1 aliphatic rings. The van der Waals surface area contributed by atoms with Crippen molar-refractivity contribution in [2.45, 2.75) is 39.3 Å². The van der Waals surface area contributed by atoms with E-state index in [1.807, 2.05) is 26.0 Å². The average Bonchev–Trinajstić information content (AvgIpc) is 3.54. The van der Waals surface area contributed by atoms with E-state index in [0.29, 0.717) is 24.7 Å². The summed E-state index contributed by atoms with van der Waals surface area (Å²) in [6, 6.07) is 8.70. The number of pyridine rings is 2. The Balaban J connectivity index is 1.35. The van der Waals surface area contributed by atoms with Gasteiger partial charge < -0.3 is 14.8 Å². The van der Waals surface area contributed by atoms with Crippen molar-refractivity contribution < 1.29 is 18.3 Å². The molecule has 4 rings (SSSR count). The maximum atomic E-state index is 12.5. The second-order valence-corrected chi connectivity index (χ2v) is 8.09. The Hall–Kier alpha value is -3.56. The predicted octanol–water partition coefficient (Wildman–Crippen LogP) is 3.58. The quantitative estimate of drug-likeness (QED) is 0.525. The first-order valence-electron chi connectivity index (χ1n) is 10.6. The van der Waals surface area contributed by atoms with Crippen LogP contribution in [0.5, 0.6) is 11.6 Å². The van der Waals surface area contributed by atoms with Crippen LogP contribution in [-0.4, -0.2) is 33.0 Å². The summed E-state index contributed by atoms with van der Waals surface area (Å²) in [5.74, 6) is 0.801. The highest BCUT2D eigenvalue weighted by Gasteiger charge is 2.40. The van der Waals surface area contributed by atoms with Gasteiger partial charge in [0.15, 0.2) is 0 Å². The Kier molecular flexibility index (Phi) is 6.52. The van der Waals surface area contributed by atoms with Gasteiger partial charge in [-0.25, -0.2) is 4.68 Å². The number of aromatic nitrogens is 4. The lowest BCUT2D eigenvalue weighted by Gasteiger charge is -2.12. The third-order valence-corrected chi connectivity index (χ3v) is 5.58. The number of nitrogens with zero attached hydrogens (tertiary/aromatic N) is 4. The van der Waals surface area contributed by atoms with Gasteiger partial charge >= 0.3 is 6.61 Å². The van der Waals surface area contributed by atoms with Crippen molar-refractivity contribution in [3.8, 4) is 11.6 Å². The van der Waals surface area contributed by atoms with E-state index in [9.17, 15) is 13.6 Å². The van der Waals surface area contributed by atoms with Crippen molar-refractivity contribution in [1.29, 1.82) is 0 Å². The zero-order chi connectivity index (χ0) is 23.5. The highest BCUT2D eigenvalue weighted by molar-refractivity contribution is 5.44. The maximum Gasteiger partial charge on any atom is 0.387 e. The SMILES string of the molecule is Cc1ccc(CNc2cc(OC[C@H]3C[C@@H]3c3ccc(OC(F)F)cn3)nn(C)c2=O)c(C)n1. The first-order valence-corrected chi connectivity index (χ1v) is 10.6. The Morgan fingerprint density at radius 3 is 2.76 bits per heavy atom. The van der Waals surface area contributed by atoms with Gasteiger partial charge in [0.2, 0.25) is 5.88 Å². The number of halogens is 2. The summed E-state index contributed by atoms with van der Waals surface area (Å²) in [6.07, 6.45) is 2.17. The van der Waals surface area contributed by atoms with Crippen molar-refractivity contribution in [2.24, 2.45) is 13.0 Å². The first kappa shape index (κ1) is 22.6. The molecule has 0 unspecified atom stereocenters. The standard InChI is InChI=1S/C23H25F2N5O3/c1-13-4-5-15(14(2)28-13)10-26-20-9-21(29-30(3)22(20)31)32-12-16-8-18(16)19-7-6-17(11-27-19)33-23(24)25/h4-7,9,11,16,18,23,26H,8,10,12H2,1-3H3/t16-,18+/m1/s1. The molecule has 3 aromatic rings. The molecule has 1 fully saturated rings. The molecule has 174 valence electrons. The van der Waals surface area contributed by atoms with E-state index >= 15 is 0 Å². The first-order chi connectivity index (χ1) is 15.8. The summed E-state index contributed by atoms with van der Waals surface area (Å²) in [6.45, 7) is 1.87. The summed E-state index contributed by atoms with van der Waals surface area (Å²) in [5.41, 5.74) is 3.80. The van der Waals surface area contributed by atoms with Crippen LogP contribution < -0.4 is 20.3 Å². The number of nitrogens with one attached hydrogen (secondary N) is 1. The topological polar surface area (TPSA) is 91.2 Å². The molecule has 33 heavy (non-hydrogen) atoms. The molecule has 3 heterocycles. The maximum absolute atomic E-state index is 12.5. The van der Waals surface area contributed by atoms with E-state index in [1.165, 1.54) is 16.9 Å². The van der Waals surface area contributed by atoms with E-state index < -0.39 is 6.61 Å². The molecule has 10 heteroatoms. The molecule has 0 bridgehead atoms. The molecule has 1 aliphatic carbocycles. The summed E-state index contributed by atoms with van der Waals surface area (Å²) in [4.78, 5) is 21.1. The van der Waals surface area contributed by atoms with Crippen molar-refractivity contribution in [3.05, 3.63) is 69.5 Å². The molecular weight excluding hydrogens is 432 g/mol. The fourth-order valence-corrected chi connectivity index (χ4v) is 3.64. The molecule has 0 saturated heterocycles. The predicted molar refractivity (Wildman–Crippen MR) is 118 cm³/mol. The molecule has 0 spiro atoms. The zero-order valence-corrected chi connectivity index (χ0v) is 18.6. The second-order valence-electron chi connectivity index (χ2n) is 8.09. The Bertz CT molecular complexity index is 1180. The number of hydrogen-bond acceptors (Lipinski definition) is 7. The third kappa shape index (κ3) is 5.63. The number of anilines is 1. The van der Waals surface area contributed by atoms with Gasteiger partial charge in [0.25, 0.3) is 5.56 Å². The highest BCUT2D eigenvalue weighted by Crippen LogP contribution is 2.46. The minimum atomic E-state index is -2.87. The third-order valence-electron chi connectivity index (χ3n) is 5.58. The molecule has 2 atom stereocenters. The van der Waals surface area contributed by atoms with Gasteiger partial charge in [-0.3, -0.25) is 14.8 Å². The van der Waals surface area contributed by atoms with Gasteiger partial charge in [-0.05, 0) is 44.0 Å². The van der Waals surface area contributed by atoms with Gasteiger partial charge in [0, 0.05) is 48.6 Å². The molecule has 0 amide bonds. The van der Waals surface area contributed by atoms with Crippen molar-refractivity contribution in [3.63, 3.8) is 0 Å². The summed E-state index contributed by atoms with van der Waals surface area (Å²) >= 11 is 0. The number of aryl methyl sites for hydroxylation is 3. The monoisotopic (exact) mass is 457 g/mol. The van der Waals surface area contributed by atoms with Crippen LogP contribution in [0.4, 0.5) is 14.5 Å². The average molecular weight is 457 g/mol. The second kappa shape index (κ2) is 9.51. The summed E-state index contributed by atoms with van der Waals surface area (Å²) in [5, 5.41) is 7.34. The smallest absolute Gasteiger partial charge is 0.387 e. The fraction of sp³-hybridized carbons (Fsp3) is 0.391. The lowest BCUT2D eigenvalue weighted by molar-refractivity contribution is -0.0500. The van der Waals surface area contributed by atoms with Crippen LogP contribution in [0.3, 0.4) is 0 Å². The fourth-order valence-electron chi connectivity index (χ4n) is 3.64. The summed E-state index contributed by atoms with van der Waals surface area (Å²) in [7, 11) is 1.58. The van der Waals surface area contributed by atoms with Gasteiger partial charge in [-0.1, -0.05) is 6.07 Å². The Morgan fingerprint density at radius 1 is 1.24 bits per heavy atom. The van der Waals surface area contributed by atoms with E-state index in [1.54, 1.807) is 19.2 Å². The molecule has 1 saturated carbocycles. The Labute approximate surface area is 189 Å². The van der Waals surface area contributed by atoms with Crippen LogP contribution in [0.2, 0.25) is 0 Å². The van der Waals surface area contributed by atoms with Crippen LogP contribution in [0.15, 0.2) is 41.3 Å². The van der Waals surface area contributed by atoms with Crippen molar-refractivity contribution in [1.82, 2.24) is 19.7 Å². The van der Waals surface area contributed by atoms with E-state index in [4.69, 9.17) is 4.74 Å².